The van der Waals surface area contributed by atoms with Gasteiger partial charge in [-0.1, -0.05) is 95.2 Å². The number of aryl methyl sites for hydroxylation is 2. The predicted octanol–water partition coefficient (Wildman–Crippen LogP) is 7.09. The highest BCUT2D eigenvalue weighted by atomic mass is 14.3. The van der Waals surface area contributed by atoms with E-state index in [1.807, 2.05) is 0 Å². The van der Waals surface area contributed by atoms with E-state index in [1.165, 1.54) is 56.1 Å². The lowest BCUT2D eigenvalue weighted by Crippen LogP contribution is -2.18. The summed E-state index contributed by atoms with van der Waals surface area (Å²) in [6.45, 7) is 13.5. The molecule has 0 heteroatoms. The molecule has 0 atom stereocenters. The molecule has 0 amide bonds. The van der Waals surface area contributed by atoms with Gasteiger partial charge in [-0.05, 0) is 32.1 Å². The number of rotatable bonds is 7. The van der Waals surface area contributed by atoms with Crippen LogP contribution in [-0.4, -0.2) is 0 Å². The van der Waals surface area contributed by atoms with Crippen LogP contribution >= 0.6 is 0 Å². The van der Waals surface area contributed by atoms with Crippen LogP contribution in [-0.2, 0) is 0 Å². The van der Waals surface area contributed by atoms with E-state index in [0.717, 1.165) is 0 Å². The first kappa shape index (κ1) is 19.2. The molecule has 20 heavy (non-hydrogen) atoms. The van der Waals surface area contributed by atoms with Crippen LogP contribution in [0, 0.1) is 19.3 Å². The molecule has 0 saturated heterocycles. The average molecular weight is 277 g/mol. The van der Waals surface area contributed by atoms with Crippen LogP contribution in [0.5, 0.6) is 0 Å². The number of hydrogen-bond donors (Lipinski definition) is 0. The summed E-state index contributed by atoms with van der Waals surface area (Å²) < 4.78 is 0. The van der Waals surface area contributed by atoms with Gasteiger partial charge in [0, 0.05) is 0 Å². The summed E-state index contributed by atoms with van der Waals surface area (Å²) in [7, 11) is 0. The zero-order valence-corrected chi connectivity index (χ0v) is 14.8. The Morgan fingerprint density at radius 1 is 0.700 bits per heavy atom. The molecule has 0 aliphatic carbocycles. The fourth-order valence-electron chi connectivity index (χ4n) is 2.80. The Morgan fingerprint density at radius 3 is 1.45 bits per heavy atom. The molecule has 0 radical (unpaired) electrons. The summed E-state index contributed by atoms with van der Waals surface area (Å²) in [6.07, 6.45) is 9.75. The van der Waals surface area contributed by atoms with Crippen LogP contribution in [0.25, 0.3) is 0 Å². The molecule has 0 saturated carbocycles. The maximum Gasteiger partial charge on any atom is -0.0303 e. The van der Waals surface area contributed by atoms with E-state index in [0.29, 0.717) is 5.41 Å². The molecule has 0 aliphatic rings. The van der Waals surface area contributed by atoms with Gasteiger partial charge in [0.2, 0.25) is 0 Å². The first-order valence-corrected chi connectivity index (χ1v) is 8.56. The normalized spacial score (nSPS) is 10.9. The third kappa shape index (κ3) is 7.72. The molecule has 1 rings (SSSR count). The van der Waals surface area contributed by atoms with Crippen LogP contribution in [0.1, 0.15) is 83.8 Å². The molecule has 116 valence electrons. The van der Waals surface area contributed by atoms with E-state index in [9.17, 15) is 0 Å². The average Bonchev–Trinajstić information content (AvgIpc) is 2.47. The summed E-state index contributed by atoms with van der Waals surface area (Å²) in [6, 6.07) is 8.48. The van der Waals surface area contributed by atoms with Gasteiger partial charge in [0.25, 0.3) is 0 Å². The molecule has 0 bridgehead atoms. The van der Waals surface area contributed by atoms with Gasteiger partial charge in [0.05, 0.1) is 0 Å². The Kier molecular flexibility index (Phi) is 10.5. The number of unbranched alkanes of at least 4 members (excludes halogenated alkanes) is 1. The maximum atomic E-state index is 2.36. The van der Waals surface area contributed by atoms with Crippen molar-refractivity contribution in [2.24, 2.45) is 5.41 Å². The Hall–Kier alpha value is -0.780. The second kappa shape index (κ2) is 10.9. The van der Waals surface area contributed by atoms with Crippen LogP contribution in [0.4, 0.5) is 0 Å². The van der Waals surface area contributed by atoms with E-state index >= 15 is 0 Å². The van der Waals surface area contributed by atoms with Crippen LogP contribution in [0.3, 0.4) is 0 Å². The molecule has 1 aromatic rings. The second-order valence-electron chi connectivity index (χ2n) is 6.22. The zero-order valence-electron chi connectivity index (χ0n) is 14.8. The smallest absolute Gasteiger partial charge is 0.0303 e. The van der Waals surface area contributed by atoms with Gasteiger partial charge in [-0.25, -0.2) is 0 Å². The first-order valence-electron chi connectivity index (χ1n) is 8.56. The maximum absolute atomic E-state index is 2.36. The van der Waals surface area contributed by atoms with Crippen molar-refractivity contribution in [3.8, 4) is 0 Å². The minimum atomic E-state index is 0.685. The Bertz CT molecular complexity index is 295. The SMILES string of the molecule is CCCCC(CC)(CC)CCC.Cc1ccc(C)cc1. The highest BCUT2D eigenvalue weighted by molar-refractivity contribution is 5.19. The molecule has 0 fully saturated rings. The third-order valence-corrected chi connectivity index (χ3v) is 4.56. The molecule has 0 nitrogen and oxygen atoms in total. The van der Waals surface area contributed by atoms with Gasteiger partial charge in [-0.2, -0.15) is 0 Å². The van der Waals surface area contributed by atoms with Gasteiger partial charge in [-0.3, -0.25) is 0 Å². The largest absolute Gasteiger partial charge is 0.0654 e. The van der Waals surface area contributed by atoms with Gasteiger partial charge < -0.3 is 0 Å². The Morgan fingerprint density at radius 2 is 1.15 bits per heavy atom. The van der Waals surface area contributed by atoms with Crippen LogP contribution in [0.15, 0.2) is 24.3 Å². The molecule has 1 aromatic carbocycles. The molecule has 0 unspecified atom stereocenters. The van der Waals surface area contributed by atoms with Crippen molar-refractivity contribution in [3.63, 3.8) is 0 Å². The Balaban J connectivity index is 0.000000388. The van der Waals surface area contributed by atoms with Gasteiger partial charge in [0.15, 0.2) is 0 Å². The van der Waals surface area contributed by atoms with Crippen LogP contribution in [0.2, 0.25) is 0 Å². The van der Waals surface area contributed by atoms with Crippen molar-refractivity contribution >= 4 is 0 Å². The third-order valence-electron chi connectivity index (χ3n) is 4.56. The highest BCUT2D eigenvalue weighted by Gasteiger charge is 2.23. The van der Waals surface area contributed by atoms with Crippen molar-refractivity contribution in [2.75, 3.05) is 0 Å². The fraction of sp³-hybridized carbons (Fsp3) is 0.700. The second-order valence-corrected chi connectivity index (χ2v) is 6.22. The zero-order chi connectivity index (χ0) is 15.4. The van der Waals surface area contributed by atoms with Gasteiger partial charge in [-0.15, -0.1) is 0 Å². The van der Waals surface area contributed by atoms with Crippen molar-refractivity contribution in [2.45, 2.75) is 86.5 Å². The van der Waals surface area contributed by atoms with Gasteiger partial charge >= 0.3 is 0 Å². The summed E-state index contributed by atoms with van der Waals surface area (Å²) >= 11 is 0. The quantitative estimate of drug-likeness (QED) is 0.499. The molecule has 0 aliphatic heterocycles. The number of hydrogen-bond acceptors (Lipinski definition) is 0. The van der Waals surface area contributed by atoms with Gasteiger partial charge in [0.1, 0.15) is 0 Å². The molecular weight excluding hydrogens is 240 g/mol. The lowest BCUT2D eigenvalue weighted by Gasteiger charge is -2.31. The van der Waals surface area contributed by atoms with Crippen molar-refractivity contribution in [1.82, 2.24) is 0 Å². The summed E-state index contributed by atoms with van der Waals surface area (Å²) in [5.41, 5.74) is 3.34. The summed E-state index contributed by atoms with van der Waals surface area (Å²) in [5, 5.41) is 0. The monoisotopic (exact) mass is 276 g/mol. The highest BCUT2D eigenvalue weighted by Crippen LogP contribution is 2.37. The van der Waals surface area contributed by atoms with E-state index < -0.39 is 0 Å². The topological polar surface area (TPSA) is 0 Å². The van der Waals surface area contributed by atoms with Crippen LogP contribution < -0.4 is 0 Å². The Labute approximate surface area is 128 Å². The molecule has 0 spiro atoms. The molecule has 0 N–H and O–H groups in total. The minimum absolute atomic E-state index is 0.685. The van der Waals surface area contributed by atoms with E-state index in [-0.39, 0.29) is 0 Å². The van der Waals surface area contributed by atoms with E-state index in [4.69, 9.17) is 0 Å². The molecular formula is C20H36. The summed E-state index contributed by atoms with van der Waals surface area (Å²) in [5.74, 6) is 0. The molecule has 0 heterocycles. The lowest BCUT2D eigenvalue weighted by molar-refractivity contribution is 0.210. The fourth-order valence-corrected chi connectivity index (χ4v) is 2.80. The minimum Gasteiger partial charge on any atom is -0.0654 e. The predicted molar refractivity (Wildman–Crippen MR) is 93.4 cm³/mol. The summed E-state index contributed by atoms with van der Waals surface area (Å²) in [4.78, 5) is 0. The lowest BCUT2D eigenvalue weighted by atomic mass is 9.74. The van der Waals surface area contributed by atoms with Crippen molar-refractivity contribution < 1.29 is 0 Å². The molecule has 0 aromatic heterocycles. The van der Waals surface area contributed by atoms with Crippen molar-refractivity contribution in [3.05, 3.63) is 35.4 Å². The number of benzene rings is 1. The standard InChI is InChI=1S/C12H26.C8H10/c1-5-9-11-12(7-3,8-4)10-6-2;1-7-3-5-8(2)6-4-7/h5-11H2,1-4H3;3-6H,1-2H3. The van der Waals surface area contributed by atoms with E-state index in [2.05, 4.69) is 65.8 Å². The van der Waals surface area contributed by atoms with E-state index in [1.54, 1.807) is 0 Å². The van der Waals surface area contributed by atoms with Crippen molar-refractivity contribution in [1.29, 1.82) is 0 Å². The first-order chi connectivity index (χ1) is 9.53.